The van der Waals surface area contributed by atoms with Crippen molar-refractivity contribution in [3.63, 3.8) is 0 Å². The molecular weight excluding hydrogens is 1020 g/mol. The van der Waals surface area contributed by atoms with Crippen molar-refractivity contribution in [2.75, 3.05) is 9.80 Å². The average molecular weight is 1080 g/mol. The van der Waals surface area contributed by atoms with E-state index in [9.17, 15) is 0 Å². The first-order chi connectivity index (χ1) is 41.1. The lowest BCUT2D eigenvalue weighted by atomic mass is 9.82. The minimum absolute atomic E-state index is 0.166. The molecule has 0 radical (unpaired) electrons. The monoisotopic (exact) mass is 1080 g/mol. The van der Waals surface area contributed by atoms with Crippen LogP contribution in [0.4, 0.5) is 34.1 Å². The molecule has 5 heterocycles. The summed E-state index contributed by atoms with van der Waals surface area (Å²) in [7, 11) is 0. The second-order valence-electron chi connectivity index (χ2n) is 23.3. The number of para-hydroxylation sites is 2. The minimum Gasteiger partial charge on any atom is -0.310 e. The zero-order chi connectivity index (χ0) is 56.3. The summed E-state index contributed by atoms with van der Waals surface area (Å²) in [6, 6.07) is 87.1. The van der Waals surface area contributed by atoms with Gasteiger partial charge in [-0.15, -0.1) is 0 Å². The molecule has 2 aliphatic rings. The highest BCUT2D eigenvalue weighted by Gasteiger charge is 2.37. The molecule has 14 aromatic rings. The molecule has 8 nitrogen and oxygen atoms in total. The minimum atomic E-state index is -0.166. The van der Waals surface area contributed by atoms with Gasteiger partial charge in [0.15, 0.2) is 0 Å². The van der Waals surface area contributed by atoms with Crippen LogP contribution < -0.4 is 9.80 Å². The van der Waals surface area contributed by atoms with Gasteiger partial charge >= 0.3 is 0 Å². The molecule has 0 amide bonds. The lowest BCUT2D eigenvalue weighted by Gasteiger charge is -2.28. The van der Waals surface area contributed by atoms with Crippen LogP contribution in [0.15, 0.2) is 267 Å². The zero-order valence-corrected chi connectivity index (χ0v) is 47.0. The molecule has 0 unspecified atom stereocenters. The van der Waals surface area contributed by atoms with E-state index in [1.807, 2.05) is 73.1 Å². The number of hydrogen-bond acceptors (Lipinski definition) is 6. The third-order valence-electron chi connectivity index (χ3n) is 17.6. The van der Waals surface area contributed by atoms with E-state index in [0.717, 1.165) is 101 Å². The van der Waals surface area contributed by atoms with Crippen LogP contribution in [0, 0.1) is 0 Å². The molecule has 0 N–H and O–H groups in total. The molecule has 0 saturated carbocycles. The maximum absolute atomic E-state index is 5.40. The van der Waals surface area contributed by atoms with E-state index in [4.69, 9.17) is 19.9 Å². The van der Waals surface area contributed by atoms with E-state index in [1.165, 1.54) is 44.5 Å². The zero-order valence-electron chi connectivity index (χ0n) is 47.0. The van der Waals surface area contributed by atoms with E-state index in [0.29, 0.717) is 0 Å². The van der Waals surface area contributed by atoms with Gasteiger partial charge in [-0.05, 0) is 154 Å². The number of rotatable bonds is 10. The first-order valence-electron chi connectivity index (χ1n) is 28.8. The molecule has 0 spiro atoms. The molecule has 0 aliphatic heterocycles. The number of imidazole rings is 2. The van der Waals surface area contributed by atoms with Crippen molar-refractivity contribution in [1.29, 1.82) is 0 Å². The highest BCUT2D eigenvalue weighted by molar-refractivity contribution is 5.91. The number of aromatic nitrogens is 6. The Labute approximate surface area is 487 Å². The first-order valence-corrected chi connectivity index (χ1v) is 28.8. The van der Waals surface area contributed by atoms with E-state index >= 15 is 0 Å². The fourth-order valence-electron chi connectivity index (χ4n) is 13.2. The van der Waals surface area contributed by atoms with Gasteiger partial charge in [0.2, 0.25) is 0 Å². The normalized spacial score (nSPS) is 13.4. The molecule has 84 heavy (non-hydrogen) atoms. The van der Waals surface area contributed by atoms with Crippen molar-refractivity contribution in [2.45, 2.75) is 38.5 Å². The Bertz CT molecular complexity index is 4520. The molecule has 0 saturated heterocycles. The van der Waals surface area contributed by atoms with Crippen molar-refractivity contribution >= 4 is 56.5 Å². The number of hydrogen-bond donors (Lipinski definition) is 0. The first kappa shape index (κ1) is 49.1. The Morgan fingerprint density at radius 1 is 0.298 bits per heavy atom. The third kappa shape index (κ3) is 7.97. The van der Waals surface area contributed by atoms with Gasteiger partial charge in [-0.25, -0.2) is 19.9 Å². The highest BCUT2D eigenvalue weighted by Crippen LogP contribution is 2.53. The maximum atomic E-state index is 5.40. The van der Waals surface area contributed by atoms with Gasteiger partial charge in [0.05, 0.1) is 33.8 Å². The molecular formula is C76H56N8. The lowest BCUT2D eigenvalue weighted by Crippen LogP contribution is -2.16. The Hall–Kier alpha value is -10.7. The maximum Gasteiger partial charge on any atom is 0.137 e. The SMILES string of the molecule is CC1(C)c2ccccc2-c2ccc(N(c3ccc(-c4cn5ccccc5n4)cc3)c3ccc(-c4nc5ccccc5nc4-c4ccc(N(c5ccc(-c6cn7ccccc7n6)cc5)c5ccc6c(c5)C(C)(C)c5ccccc5-6)cc4)cc3)cc21. The fourth-order valence-corrected chi connectivity index (χ4v) is 13.2. The molecule has 8 heteroatoms. The van der Waals surface area contributed by atoms with Gasteiger partial charge in [-0.2, -0.15) is 0 Å². The van der Waals surface area contributed by atoms with Crippen LogP contribution in [0.3, 0.4) is 0 Å². The van der Waals surface area contributed by atoms with Gasteiger partial charge in [0.25, 0.3) is 0 Å². The summed E-state index contributed by atoms with van der Waals surface area (Å²) in [5.74, 6) is 0. The largest absolute Gasteiger partial charge is 0.310 e. The smallest absolute Gasteiger partial charge is 0.137 e. The quantitative estimate of drug-likeness (QED) is 0.136. The summed E-state index contributed by atoms with van der Waals surface area (Å²) in [6.07, 6.45) is 8.26. The molecule has 9 aromatic carbocycles. The average Bonchev–Trinajstić information content (AvgIpc) is 2.58. The lowest BCUT2D eigenvalue weighted by molar-refractivity contribution is 0.660. The second kappa shape index (κ2) is 18.9. The topological polar surface area (TPSA) is 66.9 Å². The summed E-state index contributed by atoms with van der Waals surface area (Å²) >= 11 is 0. The summed E-state index contributed by atoms with van der Waals surface area (Å²) in [5.41, 5.74) is 27.5. The van der Waals surface area contributed by atoms with Crippen LogP contribution in [-0.2, 0) is 10.8 Å². The predicted octanol–water partition coefficient (Wildman–Crippen LogP) is 19.1. The van der Waals surface area contributed by atoms with E-state index < -0.39 is 0 Å². The van der Waals surface area contributed by atoms with Gasteiger partial charge in [0.1, 0.15) is 11.3 Å². The Balaban J connectivity index is 0.780. The van der Waals surface area contributed by atoms with E-state index in [-0.39, 0.29) is 10.8 Å². The van der Waals surface area contributed by atoms with Crippen LogP contribution in [0.25, 0.3) is 89.6 Å². The fraction of sp³-hybridized carbons (Fsp3) is 0.0789. The Morgan fingerprint density at radius 3 is 1.02 bits per heavy atom. The van der Waals surface area contributed by atoms with Crippen molar-refractivity contribution < 1.29 is 0 Å². The van der Waals surface area contributed by atoms with Gasteiger partial charge in [0, 0.05) is 92.0 Å². The van der Waals surface area contributed by atoms with Crippen LogP contribution in [0.2, 0.25) is 0 Å². The predicted molar refractivity (Wildman–Crippen MR) is 343 cm³/mol. The van der Waals surface area contributed by atoms with Crippen molar-refractivity contribution in [3.8, 4) is 67.3 Å². The van der Waals surface area contributed by atoms with Crippen molar-refractivity contribution in [3.05, 3.63) is 290 Å². The van der Waals surface area contributed by atoms with Crippen LogP contribution in [-0.4, -0.2) is 28.7 Å². The molecule has 5 aromatic heterocycles. The van der Waals surface area contributed by atoms with Crippen LogP contribution in [0.1, 0.15) is 49.9 Å². The van der Waals surface area contributed by atoms with Crippen LogP contribution in [0.5, 0.6) is 0 Å². The highest BCUT2D eigenvalue weighted by atomic mass is 15.1. The number of benzene rings is 9. The van der Waals surface area contributed by atoms with Gasteiger partial charge in [-0.3, -0.25) is 0 Å². The number of pyridine rings is 2. The van der Waals surface area contributed by atoms with E-state index in [2.05, 4.69) is 241 Å². The van der Waals surface area contributed by atoms with Crippen molar-refractivity contribution in [2.24, 2.45) is 0 Å². The molecule has 2 aliphatic carbocycles. The summed E-state index contributed by atoms with van der Waals surface area (Å²) in [5, 5.41) is 0. The number of fused-ring (bicyclic) bond motifs is 9. The summed E-state index contributed by atoms with van der Waals surface area (Å²) in [4.78, 5) is 25.4. The molecule has 16 rings (SSSR count). The summed E-state index contributed by atoms with van der Waals surface area (Å²) < 4.78 is 4.13. The number of nitrogens with zero attached hydrogens (tertiary/aromatic N) is 8. The van der Waals surface area contributed by atoms with Gasteiger partial charge < -0.3 is 18.6 Å². The van der Waals surface area contributed by atoms with Crippen molar-refractivity contribution in [1.82, 2.24) is 28.7 Å². The molecule has 0 fully saturated rings. The third-order valence-corrected chi connectivity index (χ3v) is 17.6. The van der Waals surface area contributed by atoms with E-state index in [1.54, 1.807) is 0 Å². The molecule has 0 bridgehead atoms. The van der Waals surface area contributed by atoms with Crippen LogP contribution >= 0.6 is 0 Å². The second-order valence-corrected chi connectivity index (χ2v) is 23.3. The Kier molecular flexibility index (Phi) is 11.1. The summed E-state index contributed by atoms with van der Waals surface area (Å²) in [6.45, 7) is 9.36. The Morgan fingerprint density at radius 2 is 0.631 bits per heavy atom. The number of anilines is 6. The van der Waals surface area contributed by atoms with Gasteiger partial charge in [-0.1, -0.05) is 161 Å². The molecule has 400 valence electrons. The molecule has 0 atom stereocenters. The standard InChI is InChI=1S/C76H56N8/c1-75(2)63-17-7-5-15-59(63)61-41-39-57(45-65(61)75)83(53-31-23-49(24-32-53)69-47-81-43-13-11-21-71(81)77-69)55-35-27-51(28-36-55)73-74(80-68-20-10-9-19-67(68)79-73)52-29-37-56(38-30-52)84(54-33-25-50(26-34-54)70-48-82-44-14-12-22-72(82)78-70)58-40-42-62-60-16-6-8-18-64(60)76(3,4)66(62)46-58/h5-48H,1-4H3.